The van der Waals surface area contributed by atoms with E-state index < -0.39 is 11.0 Å². The van der Waals surface area contributed by atoms with E-state index in [1.807, 2.05) is 66.7 Å². The zero-order chi connectivity index (χ0) is 32.8. The van der Waals surface area contributed by atoms with Gasteiger partial charge in [0.05, 0.1) is 10.5 Å². The van der Waals surface area contributed by atoms with Crippen LogP contribution in [0.2, 0.25) is 0 Å². The average molecular weight is 628 g/mol. The number of methoxy groups -OCH3 is 1. The predicted octanol–water partition coefficient (Wildman–Crippen LogP) is 8.59. The van der Waals surface area contributed by atoms with Gasteiger partial charge >= 0.3 is 6.03 Å². The maximum absolute atomic E-state index is 12.7. The first-order valence-electron chi connectivity index (χ1n) is 14.6. The zero-order valence-electron chi connectivity index (χ0n) is 25.3. The third-order valence-corrected chi connectivity index (χ3v) is 7.53. The Morgan fingerprint density at radius 3 is 2.19 bits per heavy atom. The number of ether oxygens (including phenoxy) is 3. The van der Waals surface area contributed by atoms with Crippen LogP contribution in [-0.2, 0) is 11.3 Å². The summed E-state index contributed by atoms with van der Waals surface area (Å²) in [5.41, 5.74) is 3.54. The lowest BCUT2D eigenvalue weighted by Crippen LogP contribution is -2.19. The van der Waals surface area contributed by atoms with Gasteiger partial charge < -0.3 is 24.8 Å². The molecule has 0 fully saturated rings. The largest absolute Gasteiger partial charge is 0.488 e. The van der Waals surface area contributed by atoms with Gasteiger partial charge in [-0.2, -0.15) is 0 Å². The highest BCUT2D eigenvalue weighted by molar-refractivity contribution is 6.12. The third-order valence-electron chi connectivity index (χ3n) is 7.53. The Labute approximate surface area is 269 Å². The molecule has 0 aliphatic rings. The van der Waals surface area contributed by atoms with Crippen LogP contribution in [0.4, 0.5) is 21.9 Å². The highest BCUT2D eigenvalue weighted by atomic mass is 16.7. The Hall–Kier alpha value is -6.26. The SMILES string of the molecule is COCOc1c(C=O)cc2ccccc2c1-c1c(OCc2cccc(NC(=O)Nc3ccc([N+](=O)[O-])cc3)c2)ccc2ccccc12. The Bertz CT molecular complexity index is 2110. The van der Waals surface area contributed by atoms with Gasteiger partial charge in [0.2, 0.25) is 0 Å². The van der Waals surface area contributed by atoms with Crippen molar-refractivity contribution >= 4 is 50.9 Å². The molecule has 0 saturated heterocycles. The van der Waals surface area contributed by atoms with Crippen LogP contribution in [0.3, 0.4) is 0 Å². The van der Waals surface area contributed by atoms with Gasteiger partial charge in [-0.3, -0.25) is 14.9 Å². The second kappa shape index (κ2) is 13.8. The number of urea groups is 1. The van der Waals surface area contributed by atoms with Gasteiger partial charge in [-0.1, -0.05) is 66.7 Å². The molecule has 0 bridgehead atoms. The number of benzene rings is 6. The summed E-state index contributed by atoms with van der Waals surface area (Å²) in [6.07, 6.45) is 0.781. The smallest absolute Gasteiger partial charge is 0.323 e. The number of nitro benzene ring substituents is 1. The van der Waals surface area contributed by atoms with Crippen LogP contribution in [-0.4, -0.2) is 31.1 Å². The number of nitro groups is 1. The monoisotopic (exact) mass is 627 g/mol. The summed E-state index contributed by atoms with van der Waals surface area (Å²) in [5.74, 6) is 0.973. The number of hydrogen-bond acceptors (Lipinski definition) is 7. The highest BCUT2D eigenvalue weighted by Gasteiger charge is 2.22. The number of nitrogens with one attached hydrogen (secondary N) is 2. The number of fused-ring (bicyclic) bond motifs is 2. The number of non-ortho nitro benzene ring substituents is 1. The highest BCUT2D eigenvalue weighted by Crippen LogP contribution is 2.47. The molecule has 2 N–H and O–H groups in total. The van der Waals surface area contributed by atoms with Crippen molar-refractivity contribution in [2.75, 3.05) is 24.5 Å². The Kier molecular flexibility index (Phi) is 9.03. The van der Waals surface area contributed by atoms with E-state index >= 15 is 0 Å². The van der Waals surface area contributed by atoms with E-state index in [9.17, 15) is 19.7 Å². The molecule has 6 aromatic rings. The molecule has 2 amide bonds. The summed E-state index contributed by atoms with van der Waals surface area (Å²) in [6, 6.07) is 33.7. The first kappa shape index (κ1) is 30.8. The molecule has 0 aliphatic carbocycles. The summed E-state index contributed by atoms with van der Waals surface area (Å²) in [7, 11) is 1.52. The topological polar surface area (TPSA) is 129 Å². The first-order chi connectivity index (χ1) is 22.9. The van der Waals surface area contributed by atoms with Gasteiger partial charge in [-0.15, -0.1) is 0 Å². The minimum Gasteiger partial charge on any atom is -0.488 e. The van der Waals surface area contributed by atoms with Crippen molar-refractivity contribution < 1.29 is 28.7 Å². The molecule has 0 aromatic heterocycles. The molecule has 47 heavy (non-hydrogen) atoms. The third kappa shape index (κ3) is 6.73. The summed E-state index contributed by atoms with van der Waals surface area (Å²) in [5, 5.41) is 20.0. The molecule has 0 saturated carbocycles. The zero-order valence-corrected chi connectivity index (χ0v) is 25.3. The standard InChI is InChI=1S/C37H29N3O7/c1-45-23-47-36-27(21-41)20-26-9-3-5-12-32(26)35(36)34-31-11-4-2-8-25(31)13-18-33(34)46-22-24-7-6-10-29(19-24)39-37(42)38-28-14-16-30(17-15-28)40(43)44/h2-21H,22-23H2,1H3,(H2,38,39,42). The molecule has 0 unspecified atom stereocenters. The lowest BCUT2D eigenvalue weighted by atomic mass is 9.90. The molecule has 0 aliphatic heterocycles. The summed E-state index contributed by atoms with van der Waals surface area (Å²) in [6.45, 7) is 0.120. The Morgan fingerprint density at radius 2 is 1.47 bits per heavy atom. The minimum atomic E-state index is -0.503. The van der Waals surface area contributed by atoms with E-state index in [1.54, 1.807) is 24.3 Å². The second-order valence-corrected chi connectivity index (χ2v) is 10.6. The van der Waals surface area contributed by atoms with E-state index in [4.69, 9.17) is 14.2 Å². The molecule has 0 heterocycles. The number of anilines is 2. The molecule has 0 radical (unpaired) electrons. The summed E-state index contributed by atoms with van der Waals surface area (Å²) < 4.78 is 17.8. The number of aldehydes is 1. The van der Waals surface area contributed by atoms with Crippen molar-refractivity contribution in [3.63, 3.8) is 0 Å². The van der Waals surface area contributed by atoms with Crippen LogP contribution in [0.25, 0.3) is 32.7 Å². The van der Waals surface area contributed by atoms with Gasteiger partial charge in [0.15, 0.2) is 13.1 Å². The average Bonchev–Trinajstić information content (AvgIpc) is 3.09. The first-order valence-corrected chi connectivity index (χ1v) is 14.6. The number of rotatable bonds is 11. The summed E-state index contributed by atoms with van der Waals surface area (Å²) in [4.78, 5) is 35.4. The molecule has 6 rings (SSSR count). The molecule has 6 aromatic carbocycles. The lowest BCUT2D eigenvalue weighted by Gasteiger charge is -2.21. The maximum Gasteiger partial charge on any atom is 0.323 e. The molecular formula is C37H29N3O7. The maximum atomic E-state index is 12.7. The van der Waals surface area contributed by atoms with Crippen LogP contribution in [0.1, 0.15) is 15.9 Å². The number of amides is 2. The lowest BCUT2D eigenvalue weighted by molar-refractivity contribution is -0.384. The molecule has 10 nitrogen and oxygen atoms in total. The quantitative estimate of drug-likeness (QED) is 0.0637. The number of carbonyl (C=O) groups excluding carboxylic acids is 2. The fourth-order valence-electron chi connectivity index (χ4n) is 5.45. The Balaban J connectivity index is 1.32. The van der Waals surface area contributed by atoms with Crippen LogP contribution < -0.4 is 20.1 Å². The van der Waals surface area contributed by atoms with Crippen molar-refractivity contribution in [2.45, 2.75) is 6.61 Å². The van der Waals surface area contributed by atoms with Crippen LogP contribution in [0.5, 0.6) is 11.5 Å². The van der Waals surface area contributed by atoms with Crippen molar-refractivity contribution in [2.24, 2.45) is 0 Å². The van der Waals surface area contributed by atoms with Crippen LogP contribution in [0.15, 0.2) is 115 Å². The van der Waals surface area contributed by atoms with E-state index in [1.165, 1.54) is 31.4 Å². The van der Waals surface area contributed by atoms with Gasteiger partial charge in [0.25, 0.3) is 5.69 Å². The number of hydrogen-bond donors (Lipinski definition) is 2. The molecule has 0 atom stereocenters. The fourth-order valence-corrected chi connectivity index (χ4v) is 5.45. The van der Waals surface area contributed by atoms with E-state index in [0.29, 0.717) is 34.0 Å². The molecular weight excluding hydrogens is 598 g/mol. The number of carbonyl (C=O) groups is 2. The summed E-state index contributed by atoms with van der Waals surface area (Å²) >= 11 is 0. The molecule has 0 spiro atoms. The van der Waals surface area contributed by atoms with Crippen molar-refractivity contribution in [1.82, 2.24) is 0 Å². The minimum absolute atomic E-state index is 0.0509. The normalized spacial score (nSPS) is 10.8. The van der Waals surface area contributed by atoms with Gasteiger partial charge in [-0.25, -0.2) is 4.79 Å². The fraction of sp³-hybridized carbons (Fsp3) is 0.0811. The predicted molar refractivity (Wildman–Crippen MR) is 181 cm³/mol. The van der Waals surface area contributed by atoms with Crippen molar-refractivity contribution in [3.8, 4) is 22.6 Å². The molecule has 10 heteroatoms. The van der Waals surface area contributed by atoms with Crippen LogP contribution >= 0.6 is 0 Å². The van der Waals surface area contributed by atoms with E-state index in [2.05, 4.69) is 10.6 Å². The molecule has 234 valence electrons. The van der Waals surface area contributed by atoms with Crippen LogP contribution in [0, 0.1) is 10.1 Å². The van der Waals surface area contributed by atoms with E-state index in [-0.39, 0.29) is 19.1 Å². The van der Waals surface area contributed by atoms with Crippen molar-refractivity contribution in [1.29, 1.82) is 0 Å². The van der Waals surface area contributed by atoms with Crippen molar-refractivity contribution in [3.05, 3.63) is 137 Å². The van der Waals surface area contributed by atoms with Gasteiger partial charge in [0, 0.05) is 41.7 Å². The van der Waals surface area contributed by atoms with Gasteiger partial charge in [0.1, 0.15) is 18.1 Å². The number of nitrogens with zero attached hydrogens (tertiary/aromatic N) is 1. The Morgan fingerprint density at radius 1 is 0.766 bits per heavy atom. The second-order valence-electron chi connectivity index (χ2n) is 10.6. The van der Waals surface area contributed by atoms with E-state index in [0.717, 1.165) is 39.0 Å². The van der Waals surface area contributed by atoms with Gasteiger partial charge in [-0.05, 0) is 63.5 Å².